The lowest BCUT2D eigenvalue weighted by molar-refractivity contribution is -0.135. The van der Waals surface area contributed by atoms with Gasteiger partial charge in [-0.3, -0.25) is 0 Å². The van der Waals surface area contributed by atoms with E-state index in [0.717, 1.165) is 6.04 Å². The van der Waals surface area contributed by atoms with Gasteiger partial charge >= 0.3 is 5.97 Å². The molecule has 0 saturated carbocycles. The molecule has 0 aromatic heterocycles. The highest BCUT2D eigenvalue weighted by Crippen LogP contribution is 2.21. The topological polar surface area (TPSA) is 47.9 Å². The summed E-state index contributed by atoms with van der Waals surface area (Å²) >= 11 is 0. The van der Waals surface area contributed by atoms with E-state index >= 15 is 0 Å². The average molecular weight is 229 g/mol. The normalized spacial score (nSPS) is 20.8. The fourth-order valence-corrected chi connectivity index (χ4v) is 3.14. The Morgan fingerprint density at radius 1 is 1.60 bits per heavy atom. The zero-order chi connectivity index (χ0) is 11.5. The number of oxime groups is 1. The number of ether oxygens (including phenoxy) is 1. The number of esters is 1. The molecular weight excluding hydrogens is 210 g/mol. The Balaban J connectivity index is 2.40. The third-order valence-electron chi connectivity index (χ3n) is 2.08. The monoisotopic (exact) mass is 229 g/mol. The Morgan fingerprint density at radius 3 is 2.80 bits per heavy atom. The second kappa shape index (κ2) is 4.79. The fourth-order valence-electron chi connectivity index (χ4n) is 1.56. The van der Waals surface area contributed by atoms with Gasteiger partial charge in [0, 0.05) is 14.5 Å². The fraction of sp³-hybridized carbons (Fsp3) is 0.800. The van der Waals surface area contributed by atoms with Gasteiger partial charge in [-0.2, -0.15) is 0 Å². The molecule has 0 bridgehead atoms. The van der Waals surface area contributed by atoms with Crippen LogP contribution >= 0.6 is 0 Å². The van der Waals surface area contributed by atoms with Crippen molar-refractivity contribution in [3.05, 3.63) is 0 Å². The van der Waals surface area contributed by atoms with Gasteiger partial charge in [-0.15, -0.1) is 0 Å². The van der Waals surface area contributed by atoms with Crippen LogP contribution in [0.5, 0.6) is 0 Å². The largest absolute Gasteiger partial charge is 0.461 e. The molecule has 1 unspecified atom stereocenters. The van der Waals surface area contributed by atoms with Crippen LogP contribution in [-0.2, 0) is 14.4 Å². The standard InChI is InChI=1S/C10H19NO3Si/c1-5-13-10(12)9-6-8(14-11-9)7-15(2,3)4/h8H,5-7H2,1-4H3. The molecule has 0 aliphatic carbocycles. The number of rotatable bonds is 4. The van der Waals surface area contributed by atoms with Gasteiger partial charge in [0.2, 0.25) is 0 Å². The maximum Gasteiger partial charge on any atom is 0.356 e. The molecule has 0 spiro atoms. The summed E-state index contributed by atoms with van der Waals surface area (Å²) in [5.74, 6) is -0.337. The van der Waals surface area contributed by atoms with Gasteiger partial charge in [-0.1, -0.05) is 24.8 Å². The lowest BCUT2D eigenvalue weighted by Gasteiger charge is -2.18. The second-order valence-corrected chi connectivity index (χ2v) is 10.5. The predicted molar refractivity (Wildman–Crippen MR) is 61.7 cm³/mol. The van der Waals surface area contributed by atoms with Crippen LogP contribution in [0.15, 0.2) is 5.16 Å². The number of hydrogen-bond donors (Lipinski definition) is 0. The lowest BCUT2D eigenvalue weighted by atomic mass is 10.2. The Labute approximate surface area is 91.6 Å². The SMILES string of the molecule is CCOC(=O)C1=NOC(C[Si](C)(C)C)C1. The molecule has 1 aliphatic rings. The van der Waals surface area contributed by atoms with Crippen molar-refractivity contribution in [2.75, 3.05) is 6.61 Å². The van der Waals surface area contributed by atoms with Crippen LogP contribution in [0, 0.1) is 0 Å². The molecule has 15 heavy (non-hydrogen) atoms. The predicted octanol–water partition coefficient (Wildman–Crippen LogP) is 2.03. The quantitative estimate of drug-likeness (QED) is 0.547. The highest BCUT2D eigenvalue weighted by atomic mass is 28.3. The van der Waals surface area contributed by atoms with Crippen molar-refractivity contribution in [3.63, 3.8) is 0 Å². The van der Waals surface area contributed by atoms with Crippen LogP contribution in [-0.4, -0.2) is 32.5 Å². The molecule has 0 radical (unpaired) electrons. The van der Waals surface area contributed by atoms with E-state index < -0.39 is 8.07 Å². The van der Waals surface area contributed by atoms with Gasteiger partial charge in [0.15, 0.2) is 5.71 Å². The third kappa shape index (κ3) is 4.03. The van der Waals surface area contributed by atoms with E-state index in [4.69, 9.17) is 9.57 Å². The van der Waals surface area contributed by atoms with Gasteiger partial charge in [-0.05, 0) is 13.0 Å². The van der Waals surface area contributed by atoms with Crippen LogP contribution in [0.4, 0.5) is 0 Å². The van der Waals surface area contributed by atoms with E-state index in [-0.39, 0.29) is 12.1 Å². The van der Waals surface area contributed by atoms with Crippen molar-refractivity contribution in [2.24, 2.45) is 5.16 Å². The first-order chi connectivity index (χ1) is 6.92. The Kier molecular flexibility index (Phi) is 3.90. The molecule has 5 heteroatoms. The third-order valence-corrected chi connectivity index (χ3v) is 3.76. The van der Waals surface area contributed by atoms with E-state index in [0.29, 0.717) is 18.7 Å². The first kappa shape index (κ1) is 12.2. The molecule has 0 saturated heterocycles. The molecule has 1 heterocycles. The van der Waals surface area contributed by atoms with E-state index in [2.05, 4.69) is 24.8 Å². The second-order valence-electron chi connectivity index (χ2n) is 4.95. The number of carbonyl (C=O) groups excluding carboxylic acids is 1. The number of carbonyl (C=O) groups is 1. The molecule has 0 aromatic rings. The summed E-state index contributed by atoms with van der Waals surface area (Å²) in [5, 5.41) is 3.78. The zero-order valence-corrected chi connectivity index (χ0v) is 10.9. The Hall–Kier alpha value is -0.843. The minimum atomic E-state index is -1.16. The van der Waals surface area contributed by atoms with Gasteiger partial charge in [0.25, 0.3) is 0 Å². The summed E-state index contributed by atoms with van der Waals surface area (Å²) in [6, 6.07) is 1.03. The maximum atomic E-state index is 11.3. The van der Waals surface area contributed by atoms with Crippen LogP contribution in [0.1, 0.15) is 13.3 Å². The Bertz CT molecular complexity index is 270. The van der Waals surface area contributed by atoms with Crippen LogP contribution in [0.2, 0.25) is 25.7 Å². The van der Waals surface area contributed by atoms with Crippen LogP contribution in [0.3, 0.4) is 0 Å². The molecular formula is C10H19NO3Si. The van der Waals surface area contributed by atoms with Gasteiger partial charge < -0.3 is 9.57 Å². The highest BCUT2D eigenvalue weighted by molar-refractivity contribution is 6.76. The van der Waals surface area contributed by atoms with Crippen molar-refractivity contribution >= 4 is 19.8 Å². The molecule has 0 fully saturated rings. The minimum Gasteiger partial charge on any atom is -0.461 e. The van der Waals surface area contributed by atoms with Gasteiger partial charge in [0.1, 0.15) is 6.10 Å². The summed E-state index contributed by atoms with van der Waals surface area (Å²) in [5.41, 5.74) is 0.431. The summed E-state index contributed by atoms with van der Waals surface area (Å²) in [4.78, 5) is 16.6. The molecule has 0 amide bonds. The lowest BCUT2D eigenvalue weighted by Crippen LogP contribution is -2.27. The average Bonchev–Trinajstić information content (AvgIpc) is 2.50. The van der Waals surface area contributed by atoms with Crippen molar-refractivity contribution in [1.29, 1.82) is 0 Å². The van der Waals surface area contributed by atoms with Crippen molar-refractivity contribution in [1.82, 2.24) is 0 Å². The van der Waals surface area contributed by atoms with Gasteiger partial charge in [-0.25, -0.2) is 4.79 Å². The first-order valence-corrected chi connectivity index (χ1v) is 9.03. The summed E-state index contributed by atoms with van der Waals surface area (Å²) in [6.45, 7) is 9.00. The van der Waals surface area contributed by atoms with E-state index in [1.807, 2.05) is 0 Å². The maximum absolute atomic E-state index is 11.3. The van der Waals surface area contributed by atoms with Crippen LogP contribution in [0.25, 0.3) is 0 Å². The summed E-state index contributed by atoms with van der Waals surface area (Å²) in [7, 11) is -1.16. The molecule has 0 N–H and O–H groups in total. The number of hydrogen-bond acceptors (Lipinski definition) is 4. The molecule has 1 aliphatic heterocycles. The molecule has 1 atom stereocenters. The van der Waals surface area contributed by atoms with E-state index in [1.54, 1.807) is 6.92 Å². The zero-order valence-electron chi connectivity index (χ0n) is 9.87. The van der Waals surface area contributed by atoms with E-state index in [1.165, 1.54) is 0 Å². The molecule has 4 nitrogen and oxygen atoms in total. The first-order valence-electron chi connectivity index (χ1n) is 5.32. The molecule has 86 valence electrons. The molecule has 1 rings (SSSR count). The smallest absolute Gasteiger partial charge is 0.356 e. The summed E-state index contributed by atoms with van der Waals surface area (Å²) < 4.78 is 4.87. The molecule has 0 aromatic carbocycles. The summed E-state index contributed by atoms with van der Waals surface area (Å²) in [6.07, 6.45) is 0.680. The minimum absolute atomic E-state index is 0.0797. The van der Waals surface area contributed by atoms with Gasteiger partial charge in [0.05, 0.1) is 6.61 Å². The van der Waals surface area contributed by atoms with E-state index in [9.17, 15) is 4.79 Å². The van der Waals surface area contributed by atoms with Crippen LogP contribution < -0.4 is 0 Å². The Morgan fingerprint density at radius 2 is 2.27 bits per heavy atom. The van der Waals surface area contributed by atoms with Crippen molar-refractivity contribution in [3.8, 4) is 0 Å². The van der Waals surface area contributed by atoms with Crippen molar-refractivity contribution in [2.45, 2.75) is 45.1 Å². The highest BCUT2D eigenvalue weighted by Gasteiger charge is 2.30. The van der Waals surface area contributed by atoms with Crippen molar-refractivity contribution < 1.29 is 14.4 Å². The number of nitrogens with zero attached hydrogens (tertiary/aromatic N) is 1.